The topological polar surface area (TPSA) is 59.7 Å². The van der Waals surface area contributed by atoms with Gasteiger partial charge in [0, 0.05) is 15.1 Å². The summed E-state index contributed by atoms with van der Waals surface area (Å²) in [6, 6.07) is 30.2. The van der Waals surface area contributed by atoms with Crippen LogP contribution in [0.4, 0.5) is 5.69 Å². The van der Waals surface area contributed by atoms with E-state index < -0.39 is 5.72 Å². The van der Waals surface area contributed by atoms with E-state index in [9.17, 15) is 4.79 Å². The van der Waals surface area contributed by atoms with E-state index in [4.69, 9.17) is 26.4 Å². The Labute approximate surface area is 219 Å². The second-order valence-corrected chi connectivity index (χ2v) is 9.91. The van der Waals surface area contributed by atoms with Crippen LogP contribution < -0.4 is 10.6 Å². The maximum absolute atomic E-state index is 13.8. The summed E-state index contributed by atoms with van der Waals surface area (Å²) >= 11 is 9.76. The smallest absolute Gasteiger partial charge is 0.291 e. The van der Waals surface area contributed by atoms with Crippen LogP contribution >= 0.6 is 27.5 Å². The van der Waals surface area contributed by atoms with Crippen LogP contribution in [0.1, 0.15) is 17.0 Å². The van der Waals surface area contributed by atoms with E-state index in [-0.39, 0.29) is 5.56 Å². The molecule has 1 aromatic heterocycles. The summed E-state index contributed by atoms with van der Waals surface area (Å²) in [4.78, 5) is 18.8. The minimum Gasteiger partial charge on any atom is -0.435 e. The van der Waals surface area contributed by atoms with Gasteiger partial charge in [-0.1, -0.05) is 57.9 Å². The number of aromatic nitrogens is 2. The van der Waals surface area contributed by atoms with Crippen molar-refractivity contribution in [2.45, 2.75) is 5.72 Å². The van der Waals surface area contributed by atoms with E-state index >= 15 is 0 Å². The third-order valence-corrected chi connectivity index (χ3v) is 7.21. The fourth-order valence-corrected chi connectivity index (χ4v) is 5.36. The molecule has 36 heavy (non-hydrogen) atoms. The maximum Gasteiger partial charge on any atom is 0.291 e. The summed E-state index contributed by atoms with van der Waals surface area (Å²) in [6.07, 6.45) is 0. The minimum atomic E-state index is -1.31. The molecule has 0 aliphatic carbocycles. The molecule has 174 valence electrons. The fourth-order valence-electron chi connectivity index (χ4n) is 4.87. The van der Waals surface area contributed by atoms with Crippen LogP contribution in [0.3, 0.4) is 0 Å². The highest BCUT2D eigenvalue weighted by molar-refractivity contribution is 9.10. The van der Waals surface area contributed by atoms with Gasteiger partial charge in [0.25, 0.3) is 11.3 Å². The number of hydrogen-bond donors (Lipinski definition) is 0. The second-order valence-electron chi connectivity index (χ2n) is 8.56. The van der Waals surface area contributed by atoms with Crippen molar-refractivity contribution in [3.05, 3.63) is 134 Å². The van der Waals surface area contributed by atoms with Gasteiger partial charge in [0.2, 0.25) is 5.90 Å². The first-order valence-corrected chi connectivity index (χ1v) is 12.4. The predicted molar refractivity (Wildman–Crippen MR) is 144 cm³/mol. The van der Waals surface area contributed by atoms with E-state index in [2.05, 4.69) is 15.9 Å². The Kier molecular flexibility index (Phi) is 4.61. The first-order chi connectivity index (χ1) is 17.6. The first-order valence-electron chi connectivity index (χ1n) is 11.3. The van der Waals surface area contributed by atoms with Crippen molar-refractivity contribution in [3.8, 4) is 5.69 Å². The molecule has 0 saturated heterocycles. The highest BCUT2D eigenvalue weighted by Gasteiger charge is 2.58. The van der Waals surface area contributed by atoms with Crippen molar-refractivity contribution in [2.24, 2.45) is 5.10 Å². The van der Waals surface area contributed by atoms with Gasteiger partial charge in [-0.2, -0.15) is 0 Å². The van der Waals surface area contributed by atoms with Gasteiger partial charge in [-0.05, 0) is 66.7 Å². The van der Waals surface area contributed by atoms with Crippen LogP contribution in [0, 0.1) is 0 Å². The number of rotatable bonds is 2. The van der Waals surface area contributed by atoms with Gasteiger partial charge >= 0.3 is 0 Å². The third-order valence-electron chi connectivity index (χ3n) is 6.47. The van der Waals surface area contributed by atoms with Crippen LogP contribution in [0.2, 0.25) is 5.02 Å². The Balaban J connectivity index is 1.58. The molecule has 1 spiro atoms. The van der Waals surface area contributed by atoms with E-state index in [1.54, 1.807) is 22.8 Å². The van der Waals surface area contributed by atoms with Crippen molar-refractivity contribution in [1.29, 1.82) is 0 Å². The van der Waals surface area contributed by atoms with Gasteiger partial charge in [-0.3, -0.25) is 9.36 Å². The van der Waals surface area contributed by atoms with Crippen molar-refractivity contribution >= 4 is 50.0 Å². The Morgan fingerprint density at radius 3 is 2.44 bits per heavy atom. The van der Waals surface area contributed by atoms with Crippen LogP contribution in [-0.4, -0.2) is 15.4 Å². The summed E-state index contributed by atoms with van der Waals surface area (Å²) in [5.41, 5.74) is 2.14. The zero-order chi connectivity index (χ0) is 24.4. The van der Waals surface area contributed by atoms with Gasteiger partial charge in [-0.15, -0.1) is 5.10 Å². The molecule has 0 bridgehead atoms. The van der Waals surface area contributed by atoms with Gasteiger partial charge in [0.05, 0.1) is 27.8 Å². The minimum absolute atomic E-state index is 0.160. The van der Waals surface area contributed by atoms with Crippen molar-refractivity contribution < 1.29 is 4.74 Å². The van der Waals surface area contributed by atoms with E-state index in [1.807, 2.05) is 83.9 Å². The number of hydrogen-bond acceptors (Lipinski definition) is 5. The number of para-hydroxylation sites is 2. The summed E-state index contributed by atoms with van der Waals surface area (Å²) in [6.45, 7) is 0. The highest BCUT2D eigenvalue weighted by atomic mass is 79.9. The number of nitrogens with zero attached hydrogens (tertiary/aromatic N) is 4. The van der Waals surface area contributed by atoms with Crippen LogP contribution in [0.25, 0.3) is 16.6 Å². The number of benzene rings is 4. The lowest BCUT2D eigenvalue weighted by Crippen LogP contribution is -2.43. The average molecular weight is 556 g/mol. The zero-order valence-electron chi connectivity index (χ0n) is 18.6. The number of fused-ring (bicyclic) bond motifs is 6. The molecule has 6 nitrogen and oxygen atoms in total. The maximum atomic E-state index is 13.8. The van der Waals surface area contributed by atoms with Gasteiger partial charge < -0.3 is 4.74 Å². The average Bonchev–Trinajstić information content (AvgIpc) is 3.43. The second kappa shape index (κ2) is 7.78. The van der Waals surface area contributed by atoms with Crippen LogP contribution in [0.15, 0.2) is 111 Å². The predicted octanol–water partition coefficient (Wildman–Crippen LogP) is 6.21. The molecule has 8 heteroatoms. The molecule has 0 radical (unpaired) electrons. The van der Waals surface area contributed by atoms with Crippen molar-refractivity contribution in [1.82, 2.24) is 9.55 Å². The molecule has 0 saturated carbocycles. The monoisotopic (exact) mass is 554 g/mol. The van der Waals surface area contributed by atoms with Crippen LogP contribution in [-0.2, 0) is 10.5 Å². The standard InChI is InChI=1S/C28H16BrClN4O2/c29-18-12-15-24-22(16-18)28(27-31-23-9-5-4-8-21(23)26(35)33(24)27)34(20-6-2-1-3-7-20)32-25(36-28)17-10-13-19(30)14-11-17/h1-16H. The van der Waals surface area contributed by atoms with Gasteiger partial charge in [0.1, 0.15) is 0 Å². The summed E-state index contributed by atoms with van der Waals surface area (Å²) < 4.78 is 9.29. The number of ether oxygens (including phenoxy) is 1. The molecular formula is C28H16BrClN4O2. The highest BCUT2D eigenvalue weighted by Crippen LogP contribution is 2.50. The molecule has 0 N–H and O–H groups in total. The Bertz CT molecular complexity index is 1770. The summed E-state index contributed by atoms with van der Waals surface area (Å²) in [5, 5.41) is 7.91. The van der Waals surface area contributed by atoms with Crippen molar-refractivity contribution in [3.63, 3.8) is 0 Å². The molecule has 0 amide bonds. The van der Waals surface area contributed by atoms with E-state index in [1.165, 1.54) is 0 Å². The molecule has 1 atom stereocenters. The molecule has 7 rings (SSSR count). The Hall–Kier alpha value is -3.94. The number of anilines is 1. The lowest BCUT2D eigenvalue weighted by atomic mass is 10.0. The molecule has 2 aliphatic heterocycles. The molecule has 1 unspecified atom stereocenters. The summed E-state index contributed by atoms with van der Waals surface area (Å²) in [5.74, 6) is 0.841. The molecule has 3 heterocycles. The van der Waals surface area contributed by atoms with Gasteiger partial charge in [-0.25, -0.2) is 9.99 Å². The quantitative estimate of drug-likeness (QED) is 0.260. The van der Waals surface area contributed by atoms with Crippen LogP contribution in [0.5, 0.6) is 0 Å². The lowest BCUT2D eigenvalue weighted by Gasteiger charge is -2.32. The lowest BCUT2D eigenvalue weighted by molar-refractivity contribution is 0.116. The van der Waals surface area contributed by atoms with Crippen molar-refractivity contribution in [2.75, 3.05) is 5.01 Å². The van der Waals surface area contributed by atoms with E-state index in [0.29, 0.717) is 33.3 Å². The third kappa shape index (κ3) is 2.93. The first kappa shape index (κ1) is 21.4. The molecule has 0 fully saturated rings. The zero-order valence-corrected chi connectivity index (χ0v) is 20.9. The molecular weight excluding hydrogens is 540 g/mol. The number of hydrazone groups is 1. The largest absolute Gasteiger partial charge is 0.435 e. The van der Waals surface area contributed by atoms with Gasteiger partial charge in [0.15, 0.2) is 5.82 Å². The Morgan fingerprint density at radius 1 is 0.889 bits per heavy atom. The molecule has 4 aromatic carbocycles. The van der Waals surface area contributed by atoms with E-state index in [0.717, 1.165) is 21.3 Å². The molecule has 2 aliphatic rings. The number of halogens is 2. The fraction of sp³-hybridized carbons (Fsp3) is 0.0357. The normalized spacial score (nSPS) is 17.7. The molecule has 5 aromatic rings. The SMILES string of the molecule is O=c1c2ccccc2nc2n1-c1ccc(Br)cc1C21OC(c2ccc(Cl)cc2)=NN1c1ccccc1. The Morgan fingerprint density at radius 2 is 1.64 bits per heavy atom. The summed E-state index contributed by atoms with van der Waals surface area (Å²) in [7, 11) is 0.